The number of amides is 1. The molecule has 0 bridgehead atoms. The summed E-state index contributed by atoms with van der Waals surface area (Å²) in [5.41, 5.74) is -3.60. The molecule has 270 valence electrons. The van der Waals surface area contributed by atoms with Crippen molar-refractivity contribution < 1.29 is 58.6 Å². The van der Waals surface area contributed by atoms with Crippen LogP contribution in [-0.4, -0.2) is 93.4 Å². The van der Waals surface area contributed by atoms with Crippen LogP contribution in [0.15, 0.2) is 28.4 Å². The summed E-state index contributed by atoms with van der Waals surface area (Å²) in [5.74, 6) is -0.528. The smallest absolute Gasteiger partial charge is 0.407 e. The molecule has 2 heterocycles. The quantitative estimate of drug-likeness (QED) is 0.143. The van der Waals surface area contributed by atoms with Crippen LogP contribution in [0.2, 0.25) is 0 Å². The first kappa shape index (κ1) is 35.9. The molecule has 6 rings (SSSR count). The molecule has 2 aliphatic heterocycles. The first-order valence-corrected chi connectivity index (χ1v) is 16.6. The summed E-state index contributed by atoms with van der Waals surface area (Å²) >= 11 is 0. The van der Waals surface area contributed by atoms with E-state index >= 15 is 0 Å². The third-order valence-electron chi connectivity index (χ3n) is 9.85. The van der Waals surface area contributed by atoms with Crippen molar-refractivity contribution in [3.05, 3.63) is 51.6 Å². The third kappa shape index (κ3) is 6.79. The summed E-state index contributed by atoms with van der Waals surface area (Å²) in [5, 5.41) is 56.6. The molecule has 0 spiro atoms. The maximum absolute atomic E-state index is 13.9. The summed E-state index contributed by atoms with van der Waals surface area (Å²) < 4.78 is 22.9. The van der Waals surface area contributed by atoms with Crippen molar-refractivity contribution in [1.29, 1.82) is 0 Å². The monoisotopic (exact) mass is 705 g/mol. The van der Waals surface area contributed by atoms with Crippen LogP contribution in [0.4, 0.5) is 4.79 Å². The number of nitrogens with one attached hydrogen (secondary N) is 1. The van der Waals surface area contributed by atoms with Gasteiger partial charge in [0, 0.05) is 61.6 Å². The molecule has 0 radical (unpaired) electrons. The largest absolute Gasteiger partial charge is 0.507 e. The fourth-order valence-electron chi connectivity index (χ4n) is 7.34. The van der Waals surface area contributed by atoms with E-state index in [-0.39, 0.29) is 66.1 Å². The first-order valence-electron chi connectivity index (χ1n) is 16.6. The molecule has 4 aliphatic rings. The highest BCUT2D eigenvalue weighted by Gasteiger charge is 2.48. The van der Waals surface area contributed by atoms with Crippen molar-refractivity contribution in [3.63, 3.8) is 0 Å². The molecule has 1 fully saturated rings. The molecular formula is C36H39N3O12. The molecule has 0 aromatic heterocycles. The number of aliphatic hydroxyl groups excluding tert-OH is 1. The second-order valence-electron chi connectivity index (χ2n) is 13.5. The van der Waals surface area contributed by atoms with Gasteiger partial charge >= 0.3 is 6.09 Å². The number of ether oxygens (including phenoxy) is 4. The minimum atomic E-state index is -1.79. The second kappa shape index (κ2) is 13.7. The molecule has 4 unspecified atom stereocenters. The maximum atomic E-state index is 13.9. The Hall–Kier alpha value is -4.88. The van der Waals surface area contributed by atoms with E-state index in [1.165, 1.54) is 32.2 Å². The Morgan fingerprint density at radius 2 is 1.84 bits per heavy atom. The number of hydrogen-bond acceptors (Lipinski definition) is 14. The number of hydrogen-bond donors (Lipinski definition) is 5. The number of ketones is 3. The Kier molecular flexibility index (Phi) is 9.64. The van der Waals surface area contributed by atoms with Crippen LogP contribution < -0.4 is 10.1 Å². The van der Waals surface area contributed by atoms with Crippen LogP contribution in [0, 0.1) is 12.3 Å². The number of Topliss-reactive ketones (excluding diaryl/α,β-unsaturated/α-hetero) is 1. The maximum Gasteiger partial charge on any atom is 0.407 e. The van der Waals surface area contributed by atoms with Gasteiger partial charge in [0.1, 0.15) is 29.1 Å². The van der Waals surface area contributed by atoms with Crippen molar-refractivity contribution in [3.8, 4) is 29.6 Å². The van der Waals surface area contributed by atoms with E-state index in [1.807, 2.05) is 0 Å². The third-order valence-corrected chi connectivity index (χ3v) is 9.85. The standard InChI is InChI=1S/C36H39N3O12/c1-5-6-10-36(38-39-36)11-12-49-34(46)37-21-13-24(50-18(3)29(21)41)51-23-16-35(47,14-17(2)40)15-20-26(23)33(45)28-27(31(20)43)30(42)19-8-7-9-22(48-4)25(19)32(28)44/h1,7-9,18,21,23-24,29,41,43,45,47H,6,10-16H2,2-4H3,(H,37,46)/t18?,21?,23-,24?,29?,35-/m0/s1. The number of phenols is 2. The Bertz CT molecular complexity index is 1860. The minimum Gasteiger partial charge on any atom is -0.507 e. The lowest BCUT2D eigenvalue weighted by Crippen LogP contribution is -2.55. The van der Waals surface area contributed by atoms with Gasteiger partial charge in [-0.25, -0.2) is 4.79 Å². The Labute approximate surface area is 292 Å². The summed E-state index contributed by atoms with van der Waals surface area (Å²) in [7, 11) is 1.33. The van der Waals surface area contributed by atoms with Gasteiger partial charge in [0.15, 0.2) is 17.7 Å². The second-order valence-corrected chi connectivity index (χ2v) is 13.5. The highest BCUT2D eigenvalue weighted by Crippen LogP contribution is 2.53. The Morgan fingerprint density at radius 1 is 1.12 bits per heavy atom. The predicted molar refractivity (Wildman–Crippen MR) is 176 cm³/mol. The van der Waals surface area contributed by atoms with Gasteiger partial charge in [-0.15, -0.1) is 12.3 Å². The van der Waals surface area contributed by atoms with E-state index < -0.39 is 82.2 Å². The topological polar surface area (TPSA) is 223 Å². The average molecular weight is 706 g/mol. The molecule has 15 nitrogen and oxygen atoms in total. The van der Waals surface area contributed by atoms with Crippen molar-refractivity contribution in [2.24, 2.45) is 10.2 Å². The molecule has 5 N–H and O–H groups in total. The van der Waals surface area contributed by atoms with Crippen molar-refractivity contribution in [2.75, 3.05) is 13.7 Å². The van der Waals surface area contributed by atoms with Crippen molar-refractivity contribution in [1.82, 2.24) is 5.32 Å². The number of terminal acetylenes is 1. The van der Waals surface area contributed by atoms with Gasteiger partial charge in [-0.2, -0.15) is 10.2 Å². The van der Waals surface area contributed by atoms with Crippen LogP contribution >= 0.6 is 0 Å². The number of nitrogens with zero attached hydrogens (tertiary/aromatic N) is 2. The fourth-order valence-corrected chi connectivity index (χ4v) is 7.34. The van der Waals surface area contributed by atoms with Gasteiger partial charge < -0.3 is 44.7 Å². The molecule has 15 heteroatoms. The number of aromatic hydroxyl groups is 2. The zero-order valence-electron chi connectivity index (χ0n) is 28.3. The minimum absolute atomic E-state index is 0.00352. The number of benzene rings is 2. The Balaban J connectivity index is 1.28. The lowest BCUT2D eigenvalue weighted by molar-refractivity contribution is -0.249. The summed E-state index contributed by atoms with van der Waals surface area (Å²) in [6.45, 7) is 2.84. The van der Waals surface area contributed by atoms with Gasteiger partial charge in [-0.3, -0.25) is 14.4 Å². The van der Waals surface area contributed by atoms with Crippen molar-refractivity contribution in [2.45, 2.75) is 101 Å². The van der Waals surface area contributed by atoms with Crippen LogP contribution in [0.5, 0.6) is 17.2 Å². The molecule has 2 aliphatic carbocycles. The average Bonchev–Trinajstić information content (AvgIpc) is 3.84. The normalized spacial score (nSPS) is 27.0. The number of aliphatic hydroxyl groups is 2. The van der Waals surface area contributed by atoms with Gasteiger partial charge in [0.25, 0.3) is 0 Å². The van der Waals surface area contributed by atoms with Gasteiger partial charge in [0.2, 0.25) is 5.78 Å². The van der Waals surface area contributed by atoms with Crippen LogP contribution in [-0.2, 0) is 25.4 Å². The number of carbonyl (C=O) groups excluding carboxylic acids is 4. The number of fused-ring (bicyclic) bond motifs is 3. The zero-order chi connectivity index (χ0) is 36.8. The summed E-state index contributed by atoms with van der Waals surface area (Å²) in [6, 6.07) is 3.48. The van der Waals surface area contributed by atoms with E-state index in [0.717, 1.165) is 0 Å². The van der Waals surface area contributed by atoms with E-state index in [9.17, 15) is 39.6 Å². The summed E-state index contributed by atoms with van der Waals surface area (Å²) in [6.07, 6.45) is 0.264. The number of carbonyl (C=O) groups is 4. The molecule has 1 saturated heterocycles. The molecule has 2 aromatic rings. The first-order chi connectivity index (χ1) is 24.2. The number of phenolic OH excluding ortho intramolecular Hbond substituents is 2. The van der Waals surface area contributed by atoms with E-state index in [4.69, 9.17) is 25.4 Å². The van der Waals surface area contributed by atoms with Gasteiger partial charge in [-0.05, 0) is 19.9 Å². The molecule has 1 amide bonds. The fraction of sp³-hybridized carbons (Fsp3) is 0.500. The zero-order valence-corrected chi connectivity index (χ0v) is 28.3. The van der Waals surface area contributed by atoms with Gasteiger partial charge in [-0.1, -0.05) is 12.1 Å². The highest BCUT2D eigenvalue weighted by atomic mass is 16.7. The highest BCUT2D eigenvalue weighted by molar-refractivity contribution is 6.31. The molecule has 6 atom stereocenters. The molecule has 0 saturated carbocycles. The lowest BCUT2D eigenvalue weighted by Gasteiger charge is -2.43. The molecule has 51 heavy (non-hydrogen) atoms. The van der Waals surface area contributed by atoms with Crippen LogP contribution in [0.3, 0.4) is 0 Å². The van der Waals surface area contributed by atoms with Gasteiger partial charge in [0.05, 0.1) is 54.3 Å². The lowest BCUT2D eigenvalue weighted by atomic mass is 9.71. The summed E-state index contributed by atoms with van der Waals surface area (Å²) in [4.78, 5) is 52.6. The van der Waals surface area contributed by atoms with Crippen LogP contribution in [0.25, 0.3) is 0 Å². The number of methoxy groups -OCH3 is 1. The number of rotatable bonds is 11. The number of alkyl carbamates (subject to hydrolysis) is 1. The molecule has 2 aromatic carbocycles. The van der Waals surface area contributed by atoms with Crippen LogP contribution in [0.1, 0.15) is 101 Å². The van der Waals surface area contributed by atoms with Crippen molar-refractivity contribution >= 4 is 23.4 Å². The van der Waals surface area contributed by atoms with E-state index in [2.05, 4.69) is 21.5 Å². The van der Waals surface area contributed by atoms with E-state index in [0.29, 0.717) is 19.3 Å². The Morgan fingerprint density at radius 3 is 2.51 bits per heavy atom. The molecular weight excluding hydrogens is 666 g/mol. The predicted octanol–water partition coefficient (Wildman–Crippen LogP) is 3.15. The SMILES string of the molecule is C#CCCC1(CCOC(=O)NC2CC(O[C@H]3C[C@](O)(CC(C)=O)Cc4c(O)c5c(c(O)c43)C(=O)c3c(OC)cccc3C5=O)OC(C)C2O)N=N1. The van der Waals surface area contributed by atoms with E-state index in [1.54, 1.807) is 6.92 Å².